The van der Waals surface area contributed by atoms with Gasteiger partial charge in [-0.3, -0.25) is 4.79 Å². The van der Waals surface area contributed by atoms with Gasteiger partial charge in [-0.2, -0.15) is 0 Å². The van der Waals surface area contributed by atoms with Crippen molar-refractivity contribution in [2.75, 3.05) is 19.8 Å². The van der Waals surface area contributed by atoms with Gasteiger partial charge in [0.25, 0.3) is 0 Å². The SMILES string of the molecule is CCOC1CC(N)(C(=O)NCCOc2ccccc2C(C)C)C1(C)C. The maximum atomic E-state index is 12.6. The summed E-state index contributed by atoms with van der Waals surface area (Å²) in [4.78, 5) is 12.6. The normalized spacial score (nSPS) is 24.7. The largest absolute Gasteiger partial charge is 0.491 e. The van der Waals surface area contributed by atoms with E-state index in [-0.39, 0.29) is 17.4 Å². The molecule has 0 aliphatic heterocycles. The maximum absolute atomic E-state index is 12.6. The zero-order chi connectivity index (χ0) is 18.7. The van der Waals surface area contributed by atoms with E-state index in [4.69, 9.17) is 15.2 Å². The fourth-order valence-electron chi connectivity index (χ4n) is 3.39. The summed E-state index contributed by atoms with van der Waals surface area (Å²) in [6.45, 7) is 11.7. The fraction of sp³-hybridized carbons (Fsp3) is 0.650. The zero-order valence-corrected chi connectivity index (χ0v) is 16.1. The second-order valence-corrected chi connectivity index (χ2v) is 7.64. The van der Waals surface area contributed by atoms with E-state index in [2.05, 4.69) is 25.2 Å². The van der Waals surface area contributed by atoms with Crippen LogP contribution in [0.25, 0.3) is 0 Å². The highest BCUT2D eigenvalue weighted by molar-refractivity contribution is 5.88. The van der Waals surface area contributed by atoms with Crippen LogP contribution in [0.1, 0.15) is 52.5 Å². The van der Waals surface area contributed by atoms with Crippen molar-refractivity contribution in [1.82, 2.24) is 5.32 Å². The first-order valence-electron chi connectivity index (χ1n) is 9.14. The quantitative estimate of drug-likeness (QED) is 0.709. The van der Waals surface area contributed by atoms with Gasteiger partial charge in [-0.25, -0.2) is 0 Å². The van der Waals surface area contributed by atoms with Crippen LogP contribution in [0.2, 0.25) is 0 Å². The predicted molar refractivity (Wildman–Crippen MR) is 99.8 cm³/mol. The van der Waals surface area contributed by atoms with E-state index in [0.717, 1.165) is 5.75 Å². The molecule has 1 amide bonds. The molecule has 2 rings (SSSR count). The van der Waals surface area contributed by atoms with Gasteiger partial charge in [-0.05, 0) is 24.5 Å². The van der Waals surface area contributed by atoms with Crippen molar-refractivity contribution in [1.29, 1.82) is 0 Å². The van der Waals surface area contributed by atoms with Crippen LogP contribution < -0.4 is 15.8 Å². The lowest BCUT2D eigenvalue weighted by atomic mass is 9.54. The number of nitrogens with two attached hydrogens (primary N) is 1. The summed E-state index contributed by atoms with van der Waals surface area (Å²) in [6.07, 6.45) is 0.582. The first-order valence-corrected chi connectivity index (χ1v) is 9.14. The van der Waals surface area contributed by atoms with Gasteiger partial charge in [0.2, 0.25) is 5.91 Å². The Morgan fingerprint density at radius 2 is 2.04 bits per heavy atom. The molecule has 1 aromatic rings. The molecule has 1 aliphatic carbocycles. The van der Waals surface area contributed by atoms with Crippen LogP contribution in [0, 0.1) is 5.41 Å². The first-order chi connectivity index (χ1) is 11.7. The van der Waals surface area contributed by atoms with Crippen molar-refractivity contribution in [3.63, 3.8) is 0 Å². The lowest BCUT2D eigenvalue weighted by Crippen LogP contribution is -2.75. The van der Waals surface area contributed by atoms with Gasteiger partial charge in [-0.1, -0.05) is 45.9 Å². The number of carbonyl (C=O) groups excluding carboxylic acids is 1. The number of hydrogen-bond donors (Lipinski definition) is 2. The van der Waals surface area contributed by atoms with Crippen LogP contribution in [0.5, 0.6) is 5.75 Å². The van der Waals surface area contributed by atoms with Crippen molar-refractivity contribution in [3.8, 4) is 5.75 Å². The van der Waals surface area contributed by atoms with E-state index in [1.807, 2.05) is 39.0 Å². The highest BCUT2D eigenvalue weighted by Crippen LogP contribution is 2.49. The minimum atomic E-state index is -0.886. The molecular weight excluding hydrogens is 316 g/mol. The van der Waals surface area contributed by atoms with Crippen molar-refractivity contribution in [2.45, 2.75) is 58.6 Å². The number of rotatable bonds is 8. The average molecular weight is 348 g/mol. The summed E-state index contributed by atoms with van der Waals surface area (Å²) < 4.78 is 11.5. The average Bonchev–Trinajstić information content (AvgIpc) is 2.58. The molecule has 3 N–H and O–H groups in total. The molecule has 5 heteroatoms. The zero-order valence-electron chi connectivity index (χ0n) is 16.1. The molecule has 1 aromatic carbocycles. The molecule has 0 radical (unpaired) electrons. The standard InChI is InChI=1S/C20H32N2O3/c1-6-24-17-13-20(21,19(17,4)5)18(23)22-11-12-25-16-10-8-7-9-15(16)14(2)3/h7-10,14,17H,6,11-13,21H2,1-5H3,(H,22,23). The Kier molecular flexibility index (Phi) is 6.12. The molecule has 0 heterocycles. The molecule has 25 heavy (non-hydrogen) atoms. The van der Waals surface area contributed by atoms with Gasteiger partial charge < -0.3 is 20.5 Å². The third kappa shape index (κ3) is 3.82. The molecule has 0 bridgehead atoms. The lowest BCUT2D eigenvalue weighted by molar-refractivity contribution is -0.170. The van der Waals surface area contributed by atoms with Gasteiger partial charge in [0.05, 0.1) is 12.6 Å². The molecule has 1 fully saturated rings. The molecule has 2 unspecified atom stereocenters. The molecule has 1 saturated carbocycles. The number of amides is 1. The first kappa shape index (κ1) is 19.7. The fourth-order valence-corrected chi connectivity index (χ4v) is 3.39. The number of para-hydroxylation sites is 1. The number of carbonyl (C=O) groups is 1. The summed E-state index contributed by atoms with van der Waals surface area (Å²) in [5, 5.41) is 2.92. The van der Waals surface area contributed by atoms with Crippen molar-refractivity contribution in [3.05, 3.63) is 29.8 Å². The van der Waals surface area contributed by atoms with Gasteiger partial charge in [-0.15, -0.1) is 0 Å². The Labute approximate surface area is 151 Å². The molecule has 5 nitrogen and oxygen atoms in total. The van der Waals surface area contributed by atoms with Crippen LogP contribution >= 0.6 is 0 Å². The minimum absolute atomic E-state index is 0.0300. The Bertz CT molecular complexity index is 600. The van der Waals surface area contributed by atoms with Crippen molar-refractivity contribution in [2.24, 2.45) is 11.1 Å². The van der Waals surface area contributed by atoms with Gasteiger partial charge in [0, 0.05) is 18.4 Å². The van der Waals surface area contributed by atoms with Crippen molar-refractivity contribution < 1.29 is 14.3 Å². The molecule has 1 aliphatic rings. The summed E-state index contributed by atoms with van der Waals surface area (Å²) in [5.74, 6) is 1.13. The van der Waals surface area contributed by atoms with Crippen LogP contribution in [-0.2, 0) is 9.53 Å². The Hall–Kier alpha value is -1.59. The van der Waals surface area contributed by atoms with Crippen LogP contribution in [-0.4, -0.2) is 37.3 Å². The van der Waals surface area contributed by atoms with Crippen LogP contribution in [0.3, 0.4) is 0 Å². The minimum Gasteiger partial charge on any atom is -0.491 e. The smallest absolute Gasteiger partial charge is 0.240 e. The highest BCUT2D eigenvalue weighted by atomic mass is 16.5. The van der Waals surface area contributed by atoms with E-state index in [9.17, 15) is 4.79 Å². The second kappa shape index (κ2) is 7.75. The van der Waals surface area contributed by atoms with Gasteiger partial charge in [0.1, 0.15) is 17.9 Å². The molecule has 0 saturated heterocycles. The number of ether oxygens (including phenoxy) is 2. The molecule has 2 atom stereocenters. The predicted octanol–water partition coefficient (Wildman–Crippen LogP) is 2.84. The lowest BCUT2D eigenvalue weighted by Gasteiger charge is -2.57. The third-order valence-corrected chi connectivity index (χ3v) is 5.42. The Morgan fingerprint density at radius 1 is 1.36 bits per heavy atom. The number of hydrogen-bond acceptors (Lipinski definition) is 4. The Morgan fingerprint density at radius 3 is 2.64 bits per heavy atom. The topological polar surface area (TPSA) is 73.6 Å². The summed E-state index contributed by atoms with van der Waals surface area (Å²) in [6, 6.07) is 8.00. The highest BCUT2D eigenvalue weighted by Gasteiger charge is 2.62. The molecule has 140 valence electrons. The molecular formula is C20H32N2O3. The van der Waals surface area contributed by atoms with Gasteiger partial charge in [0.15, 0.2) is 0 Å². The summed E-state index contributed by atoms with van der Waals surface area (Å²) in [5.41, 5.74) is 6.28. The van der Waals surface area contributed by atoms with E-state index in [1.165, 1.54) is 5.56 Å². The van der Waals surface area contributed by atoms with E-state index >= 15 is 0 Å². The van der Waals surface area contributed by atoms with Crippen LogP contribution in [0.4, 0.5) is 0 Å². The number of nitrogens with one attached hydrogen (secondary N) is 1. The van der Waals surface area contributed by atoms with E-state index in [1.54, 1.807) is 0 Å². The third-order valence-electron chi connectivity index (χ3n) is 5.42. The van der Waals surface area contributed by atoms with Crippen LogP contribution in [0.15, 0.2) is 24.3 Å². The van der Waals surface area contributed by atoms with E-state index < -0.39 is 5.54 Å². The van der Waals surface area contributed by atoms with E-state index in [0.29, 0.717) is 32.1 Å². The second-order valence-electron chi connectivity index (χ2n) is 7.64. The summed E-state index contributed by atoms with van der Waals surface area (Å²) in [7, 11) is 0. The monoisotopic (exact) mass is 348 g/mol. The maximum Gasteiger partial charge on any atom is 0.240 e. The van der Waals surface area contributed by atoms with Gasteiger partial charge >= 0.3 is 0 Å². The number of benzene rings is 1. The molecule has 0 aromatic heterocycles. The Balaban J connectivity index is 1.84. The summed E-state index contributed by atoms with van der Waals surface area (Å²) >= 11 is 0. The molecule has 0 spiro atoms. The van der Waals surface area contributed by atoms with Crippen molar-refractivity contribution >= 4 is 5.91 Å².